The smallest absolute Gasteiger partial charge is 0.227 e. The second kappa shape index (κ2) is 6.76. The van der Waals surface area contributed by atoms with Gasteiger partial charge in [-0.05, 0) is 36.8 Å². The van der Waals surface area contributed by atoms with Crippen LogP contribution in [0.4, 0.5) is 0 Å². The van der Waals surface area contributed by atoms with Crippen molar-refractivity contribution < 1.29 is 9.90 Å². The maximum absolute atomic E-state index is 12.8. The molecule has 2 aromatic heterocycles. The van der Waals surface area contributed by atoms with Crippen molar-refractivity contribution in [1.29, 1.82) is 0 Å². The third-order valence-electron chi connectivity index (χ3n) is 5.05. The molecule has 3 rings (SSSR count). The molecule has 27 heavy (non-hydrogen) atoms. The fourth-order valence-electron chi connectivity index (χ4n) is 3.27. The van der Waals surface area contributed by atoms with E-state index in [-0.39, 0.29) is 23.0 Å². The standard InChI is InChI=1S/C21H28N4O2/c1-13(17-12-24(5)18-8-7-15(26)10-16(17)18)20(27)22-11-14-9-19(21(2,3)4)23-25(14)6/h7-10,12-13,26H,11H2,1-6H3,(H,22,27). The Hall–Kier alpha value is -2.76. The van der Waals surface area contributed by atoms with Crippen LogP contribution in [-0.4, -0.2) is 25.4 Å². The Morgan fingerprint density at radius 3 is 2.59 bits per heavy atom. The minimum Gasteiger partial charge on any atom is -0.508 e. The molecule has 0 aliphatic rings. The van der Waals surface area contributed by atoms with Crippen molar-refractivity contribution in [2.45, 2.75) is 45.6 Å². The maximum atomic E-state index is 12.8. The minimum atomic E-state index is -0.328. The Kier molecular flexibility index (Phi) is 4.76. The number of aryl methyl sites for hydroxylation is 2. The summed E-state index contributed by atoms with van der Waals surface area (Å²) in [6, 6.07) is 7.28. The summed E-state index contributed by atoms with van der Waals surface area (Å²) in [6.07, 6.45) is 1.95. The van der Waals surface area contributed by atoms with E-state index < -0.39 is 0 Å². The van der Waals surface area contributed by atoms with Crippen LogP contribution in [0.1, 0.15) is 50.6 Å². The van der Waals surface area contributed by atoms with Crippen molar-refractivity contribution in [3.8, 4) is 5.75 Å². The van der Waals surface area contributed by atoms with Crippen LogP contribution in [0.25, 0.3) is 10.9 Å². The first-order valence-corrected chi connectivity index (χ1v) is 9.17. The second-order valence-corrected chi connectivity index (χ2v) is 8.23. The third kappa shape index (κ3) is 3.70. The average Bonchev–Trinajstić information content (AvgIpc) is 3.12. The molecule has 0 bridgehead atoms. The van der Waals surface area contributed by atoms with Gasteiger partial charge in [-0.1, -0.05) is 20.8 Å². The highest BCUT2D eigenvalue weighted by Gasteiger charge is 2.22. The Morgan fingerprint density at radius 2 is 1.96 bits per heavy atom. The molecule has 1 atom stereocenters. The molecule has 3 aromatic rings. The van der Waals surface area contributed by atoms with E-state index in [0.29, 0.717) is 6.54 Å². The summed E-state index contributed by atoms with van der Waals surface area (Å²) >= 11 is 0. The number of nitrogens with one attached hydrogen (secondary N) is 1. The van der Waals surface area contributed by atoms with Gasteiger partial charge in [-0.2, -0.15) is 5.10 Å². The maximum Gasteiger partial charge on any atom is 0.227 e. The van der Waals surface area contributed by atoms with Gasteiger partial charge in [-0.15, -0.1) is 0 Å². The predicted molar refractivity (Wildman–Crippen MR) is 107 cm³/mol. The molecule has 1 aromatic carbocycles. The van der Waals surface area contributed by atoms with Crippen molar-refractivity contribution >= 4 is 16.8 Å². The number of hydrogen-bond acceptors (Lipinski definition) is 3. The Balaban J connectivity index is 1.78. The van der Waals surface area contributed by atoms with Gasteiger partial charge >= 0.3 is 0 Å². The van der Waals surface area contributed by atoms with E-state index in [1.807, 2.05) is 48.6 Å². The van der Waals surface area contributed by atoms with Gasteiger partial charge in [0.1, 0.15) is 5.75 Å². The fraction of sp³-hybridized carbons (Fsp3) is 0.429. The van der Waals surface area contributed by atoms with Crippen molar-refractivity contribution in [2.24, 2.45) is 14.1 Å². The summed E-state index contributed by atoms with van der Waals surface area (Å²) in [6.45, 7) is 8.68. The molecular formula is C21H28N4O2. The topological polar surface area (TPSA) is 72.1 Å². The molecule has 0 saturated carbocycles. The fourth-order valence-corrected chi connectivity index (χ4v) is 3.27. The number of phenolic OH excluding ortho intramolecular Hbond substituents is 1. The molecule has 6 heteroatoms. The number of amides is 1. The van der Waals surface area contributed by atoms with Crippen molar-refractivity contribution in [1.82, 2.24) is 19.7 Å². The molecule has 0 fully saturated rings. The Morgan fingerprint density at radius 1 is 1.26 bits per heavy atom. The quantitative estimate of drug-likeness (QED) is 0.742. The van der Waals surface area contributed by atoms with Crippen molar-refractivity contribution in [2.75, 3.05) is 0 Å². The van der Waals surface area contributed by atoms with Crippen molar-refractivity contribution in [3.05, 3.63) is 47.4 Å². The number of aromatic nitrogens is 3. The summed E-state index contributed by atoms with van der Waals surface area (Å²) < 4.78 is 3.80. The van der Waals surface area contributed by atoms with Crippen LogP contribution < -0.4 is 5.32 Å². The lowest BCUT2D eigenvalue weighted by Gasteiger charge is -2.13. The number of rotatable bonds is 4. The van der Waals surface area contributed by atoms with Crippen LogP contribution in [-0.2, 0) is 30.8 Å². The average molecular weight is 368 g/mol. The summed E-state index contributed by atoms with van der Waals surface area (Å²) in [7, 11) is 3.84. The lowest BCUT2D eigenvalue weighted by molar-refractivity contribution is -0.122. The zero-order valence-corrected chi connectivity index (χ0v) is 16.9. The number of fused-ring (bicyclic) bond motifs is 1. The normalized spacial score (nSPS) is 13.1. The van der Waals surface area contributed by atoms with E-state index in [0.717, 1.165) is 27.9 Å². The Bertz CT molecular complexity index is 992. The van der Waals surface area contributed by atoms with E-state index in [2.05, 4.69) is 31.2 Å². The summed E-state index contributed by atoms with van der Waals surface area (Å²) in [4.78, 5) is 12.8. The summed E-state index contributed by atoms with van der Waals surface area (Å²) in [5, 5.41) is 18.3. The number of nitrogens with zero attached hydrogens (tertiary/aromatic N) is 3. The first-order chi connectivity index (χ1) is 12.6. The molecule has 2 heterocycles. The van der Waals surface area contributed by atoms with E-state index in [4.69, 9.17) is 0 Å². The number of benzene rings is 1. The summed E-state index contributed by atoms with van der Waals surface area (Å²) in [5.41, 5.74) is 3.84. The molecule has 0 spiro atoms. The number of phenols is 1. The van der Waals surface area contributed by atoms with Crippen LogP contribution >= 0.6 is 0 Å². The predicted octanol–water partition coefficient (Wildman–Crippen LogP) is 3.33. The first-order valence-electron chi connectivity index (χ1n) is 9.17. The molecule has 1 amide bonds. The van der Waals surface area contributed by atoms with E-state index in [1.54, 1.807) is 12.1 Å². The Labute approximate surface area is 159 Å². The molecular weight excluding hydrogens is 340 g/mol. The van der Waals surface area contributed by atoms with E-state index in [9.17, 15) is 9.90 Å². The van der Waals surface area contributed by atoms with Crippen LogP contribution in [0.2, 0.25) is 0 Å². The molecule has 1 unspecified atom stereocenters. The van der Waals surface area contributed by atoms with Crippen LogP contribution in [0, 0.1) is 0 Å². The number of hydrogen-bond donors (Lipinski definition) is 2. The summed E-state index contributed by atoms with van der Waals surface area (Å²) in [5.74, 6) is -0.178. The zero-order chi connectivity index (χ0) is 19.9. The number of carbonyl (C=O) groups excluding carboxylic acids is 1. The molecule has 6 nitrogen and oxygen atoms in total. The van der Waals surface area contributed by atoms with Gasteiger partial charge in [0, 0.05) is 36.6 Å². The molecule has 2 N–H and O–H groups in total. The minimum absolute atomic E-state index is 0.0295. The van der Waals surface area contributed by atoms with Crippen LogP contribution in [0.3, 0.4) is 0 Å². The van der Waals surface area contributed by atoms with Crippen LogP contribution in [0.15, 0.2) is 30.5 Å². The highest BCUT2D eigenvalue weighted by atomic mass is 16.3. The van der Waals surface area contributed by atoms with Crippen molar-refractivity contribution in [3.63, 3.8) is 0 Å². The van der Waals surface area contributed by atoms with Gasteiger partial charge in [0.05, 0.1) is 23.9 Å². The van der Waals surface area contributed by atoms with Gasteiger partial charge in [0.15, 0.2) is 0 Å². The first kappa shape index (κ1) is 19.0. The largest absolute Gasteiger partial charge is 0.508 e. The van der Waals surface area contributed by atoms with E-state index >= 15 is 0 Å². The van der Waals surface area contributed by atoms with Gasteiger partial charge in [-0.25, -0.2) is 0 Å². The SMILES string of the molecule is CC(C(=O)NCc1cc(C(C)(C)C)nn1C)c1cn(C)c2ccc(O)cc12. The van der Waals surface area contributed by atoms with Crippen LogP contribution in [0.5, 0.6) is 5.75 Å². The van der Waals surface area contributed by atoms with Gasteiger partial charge in [-0.3, -0.25) is 9.48 Å². The molecule has 0 saturated heterocycles. The molecule has 0 radical (unpaired) electrons. The number of carbonyl (C=O) groups is 1. The van der Waals surface area contributed by atoms with Gasteiger partial charge < -0.3 is 15.0 Å². The highest BCUT2D eigenvalue weighted by Crippen LogP contribution is 2.30. The zero-order valence-electron chi connectivity index (χ0n) is 16.9. The number of aromatic hydroxyl groups is 1. The molecule has 0 aliphatic heterocycles. The van der Waals surface area contributed by atoms with Gasteiger partial charge in [0.2, 0.25) is 5.91 Å². The molecule has 144 valence electrons. The second-order valence-electron chi connectivity index (χ2n) is 8.23. The lowest BCUT2D eigenvalue weighted by Crippen LogP contribution is -2.28. The lowest BCUT2D eigenvalue weighted by atomic mass is 9.92. The van der Waals surface area contributed by atoms with E-state index in [1.165, 1.54) is 0 Å². The monoisotopic (exact) mass is 368 g/mol. The third-order valence-corrected chi connectivity index (χ3v) is 5.05. The van der Waals surface area contributed by atoms with Gasteiger partial charge in [0.25, 0.3) is 0 Å². The highest BCUT2D eigenvalue weighted by molar-refractivity contribution is 5.92. The molecule has 0 aliphatic carbocycles.